The zero-order chi connectivity index (χ0) is 17.1. The molecule has 2 N–H and O–H groups in total. The van der Waals surface area contributed by atoms with Crippen LogP contribution in [0.25, 0.3) is 0 Å². The van der Waals surface area contributed by atoms with E-state index in [0.717, 1.165) is 25.8 Å². The average molecular weight is 343 g/mol. The van der Waals surface area contributed by atoms with Crippen LogP contribution in [0.4, 0.5) is 4.79 Å². The highest BCUT2D eigenvalue weighted by Gasteiger charge is 2.15. The van der Waals surface area contributed by atoms with Gasteiger partial charge in [0.25, 0.3) is 0 Å². The summed E-state index contributed by atoms with van der Waals surface area (Å²) in [7, 11) is 1.71. The van der Waals surface area contributed by atoms with Crippen LogP contribution in [0, 0.1) is 0 Å². The lowest BCUT2D eigenvalue weighted by molar-refractivity contribution is 0.0526. The monoisotopic (exact) mass is 342 g/mol. The molecule has 23 heavy (non-hydrogen) atoms. The maximum atomic E-state index is 11.6. The van der Waals surface area contributed by atoms with Gasteiger partial charge in [-0.25, -0.2) is 4.79 Å². The van der Waals surface area contributed by atoms with Crippen molar-refractivity contribution in [3.8, 4) is 0 Å². The number of nitrogens with one attached hydrogen (secondary N) is 2. The fourth-order valence-corrected chi connectivity index (χ4v) is 2.86. The Hall–Kier alpha value is -1.11. The first-order valence-corrected chi connectivity index (χ1v) is 9.05. The number of rotatable bonds is 10. The number of ether oxygens (including phenoxy) is 2. The van der Waals surface area contributed by atoms with Crippen molar-refractivity contribution in [2.75, 3.05) is 26.8 Å². The summed E-state index contributed by atoms with van der Waals surface area (Å²) in [6.07, 6.45) is 2.51. The molecule has 0 saturated heterocycles. The third-order valence-corrected chi connectivity index (χ3v) is 3.92. The molecule has 0 fully saturated rings. The minimum atomic E-state index is -0.452. The molecule has 1 heterocycles. The van der Waals surface area contributed by atoms with Gasteiger partial charge in [0.1, 0.15) is 5.60 Å². The summed E-state index contributed by atoms with van der Waals surface area (Å²) in [5, 5.41) is 10.6. The van der Waals surface area contributed by atoms with Crippen molar-refractivity contribution < 1.29 is 14.3 Å². The van der Waals surface area contributed by atoms with E-state index < -0.39 is 5.60 Å². The predicted molar refractivity (Wildman–Crippen MR) is 95.2 cm³/mol. The van der Waals surface area contributed by atoms with E-state index in [9.17, 15) is 4.79 Å². The molecule has 1 atom stereocenters. The number of thiophene rings is 1. The lowest BCUT2D eigenvalue weighted by Gasteiger charge is -2.20. The van der Waals surface area contributed by atoms with Crippen LogP contribution < -0.4 is 10.6 Å². The van der Waals surface area contributed by atoms with Gasteiger partial charge in [0.2, 0.25) is 0 Å². The molecule has 6 heteroatoms. The van der Waals surface area contributed by atoms with Crippen LogP contribution >= 0.6 is 11.3 Å². The second-order valence-electron chi connectivity index (χ2n) is 6.56. The van der Waals surface area contributed by atoms with E-state index in [1.807, 2.05) is 20.8 Å². The van der Waals surface area contributed by atoms with Crippen molar-refractivity contribution in [3.05, 3.63) is 22.4 Å². The highest BCUT2D eigenvalue weighted by Crippen LogP contribution is 2.07. The summed E-state index contributed by atoms with van der Waals surface area (Å²) in [4.78, 5) is 11.6. The maximum absolute atomic E-state index is 11.6. The Bertz CT molecular complexity index is 430. The Morgan fingerprint density at radius 1 is 1.35 bits per heavy atom. The standard InChI is InChI=1S/C17H30N2O3S/c1-17(2,3)22-16(20)19-9-5-6-15(12-21-4)18-10-7-14-8-11-23-13-14/h8,11,13,15,18H,5-7,9-10,12H2,1-4H3,(H,19,20). The summed E-state index contributed by atoms with van der Waals surface area (Å²) in [6.45, 7) is 7.80. The molecule has 5 nitrogen and oxygen atoms in total. The molecule has 0 aliphatic carbocycles. The lowest BCUT2D eigenvalue weighted by Crippen LogP contribution is -2.36. The van der Waals surface area contributed by atoms with Crippen LogP contribution in [0.3, 0.4) is 0 Å². The van der Waals surface area contributed by atoms with Gasteiger partial charge in [-0.15, -0.1) is 0 Å². The van der Waals surface area contributed by atoms with E-state index in [0.29, 0.717) is 19.2 Å². The molecule has 0 aliphatic rings. The van der Waals surface area contributed by atoms with Crippen molar-refractivity contribution >= 4 is 17.4 Å². The van der Waals surface area contributed by atoms with Crippen LogP contribution in [0.1, 0.15) is 39.2 Å². The Morgan fingerprint density at radius 3 is 2.74 bits per heavy atom. The van der Waals surface area contributed by atoms with Crippen molar-refractivity contribution in [3.63, 3.8) is 0 Å². The number of carbonyl (C=O) groups is 1. The van der Waals surface area contributed by atoms with Crippen LogP contribution in [0.5, 0.6) is 0 Å². The van der Waals surface area contributed by atoms with Gasteiger partial charge in [0.05, 0.1) is 6.61 Å². The summed E-state index contributed by atoms with van der Waals surface area (Å²) >= 11 is 1.73. The van der Waals surface area contributed by atoms with Gasteiger partial charge in [0.15, 0.2) is 0 Å². The molecule has 0 aliphatic heterocycles. The van der Waals surface area contributed by atoms with Gasteiger partial charge in [-0.05, 0) is 69.0 Å². The summed E-state index contributed by atoms with van der Waals surface area (Å²) in [5.74, 6) is 0. The van der Waals surface area contributed by atoms with Crippen molar-refractivity contribution in [1.82, 2.24) is 10.6 Å². The zero-order valence-electron chi connectivity index (χ0n) is 14.7. The Morgan fingerprint density at radius 2 is 2.13 bits per heavy atom. The largest absolute Gasteiger partial charge is 0.444 e. The summed E-state index contributed by atoms with van der Waals surface area (Å²) < 4.78 is 10.5. The first-order valence-electron chi connectivity index (χ1n) is 8.11. The van der Waals surface area contributed by atoms with Gasteiger partial charge < -0.3 is 20.1 Å². The topological polar surface area (TPSA) is 59.6 Å². The molecule has 0 radical (unpaired) electrons. The lowest BCUT2D eigenvalue weighted by atomic mass is 10.1. The number of hydrogen-bond donors (Lipinski definition) is 2. The molecule has 1 aromatic heterocycles. The minimum absolute atomic E-state index is 0.305. The zero-order valence-corrected chi connectivity index (χ0v) is 15.5. The Labute approximate surface area is 143 Å². The third kappa shape index (κ3) is 10.3. The maximum Gasteiger partial charge on any atom is 0.407 e. The van der Waals surface area contributed by atoms with Crippen LogP contribution in [0.2, 0.25) is 0 Å². The fraction of sp³-hybridized carbons (Fsp3) is 0.706. The van der Waals surface area contributed by atoms with Gasteiger partial charge in [-0.3, -0.25) is 0 Å². The van der Waals surface area contributed by atoms with Crippen molar-refractivity contribution in [2.45, 2.75) is 51.7 Å². The van der Waals surface area contributed by atoms with E-state index in [2.05, 4.69) is 27.5 Å². The number of carbonyl (C=O) groups excluding carboxylic acids is 1. The molecular weight excluding hydrogens is 312 g/mol. The van der Waals surface area contributed by atoms with Crippen LogP contribution in [-0.2, 0) is 15.9 Å². The highest BCUT2D eigenvalue weighted by atomic mass is 32.1. The van der Waals surface area contributed by atoms with E-state index in [1.54, 1.807) is 18.4 Å². The van der Waals surface area contributed by atoms with Gasteiger partial charge in [-0.2, -0.15) is 11.3 Å². The first-order chi connectivity index (χ1) is 10.9. The number of amides is 1. The molecule has 1 amide bonds. The normalized spacial score (nSPS) is 12.9. The van der Waals surface area contributed by atoms with Crippen LogP contribution in [0.15, 0.2) is 16.8 Å². The van der Waals surface area contributed by atoms with Crippen molar-refractivity contribution in [1.29, 1.82) is 0 Å². The molecular formula is C17H30N2O3S. The molecule has 1 rings (SSSR count). The second-order valence-corrected chi connectivity index (χ2v) is 7.34. The quantitative estimate of drug-likeness (QED) is 0.641. The fourth-order valence-electron chi connectivity index (χ4n) is 2.15. The van der Waals surface area contributed by atoms with Crippen LogP contribution in [-0.4, -0.2) is 44.5 Å². The number of alkyl carbamates (subject to hydrolysis) is 1. The van der Waals surface area contributed by atoms with Gasteiger partial charge in [-0.1, -0.05) is 0 Å². The smallest absolute Gasteiger partial charge is 0.407 e. The summed E-state index contributed by atoms with van der Waals surface area (Å²) in [6, 6.07) is 2.46. The van der Waals surface area contributed by atoms with E-state index in [4.69, 9.17) is 9.47 Å². The molecule has 132 valence electrons. The van der Waals surface area contributed by atoms with E-state index >= 15 is 0 Å². The molecule has 0 aromatic carbocycles. The summed E-state index contributed by atoms with van der Waals surface area (Å²) in [5.41, 5.74) is 0.913. The molecule has 1 unspecified atom stereocenters. The Kier molecular flexibility index (Phi) is 9.21. The number of hydrogen-bond acceptors (Lipinski definition) is 5. The van der Waals surface area contributed by atoms with E-state index in [-0.39, 0.29) is 6.09 Å². The SMILES string of the molecule is COCC(CCCNC(=O)OC(C)(C)C)NCCc1ccsc1. The minimum Gasteiger partial charge on any atom is -0.444 e. The van der Waals surface area contributed by atoms with Gasteiger partial charge in [0, 0.05) is 19.7 Å². The first kappa shape index (κ1) is 19.9. The molecule has 0 bridgehead atoms. The Balaban J connectivity index is 2.16. The predicted octanol–water partition coefficient (Wildman–Crippen LogP) is 3.20. The third-order valence-electron chi connectivity index (χ3n) is 3.19. The molecule has 0 saturated carbocycles. The van der Waals surface area contributed by atoms with Crippen molar-refractivity contribution in [2.24, 2.45) is 0 Å². The second kappa shape index (κ2) is 10.6. The number of methoxy groups -OCH3 is 1. The van der Waals surface area contributed by atoms with E-state index in [1.165, 1.54) is 5.56 Å². The molecule has 0 spiro atoms. The highest BCUT2D eigenvalue weighted by molar-refractivity contribution is 7.07. The molecule has 1 aromatic rings. The average Bonchev–Trinajstić information content (AvgIpc) is 2.94. The van der Waals surface area contributed by atoms with Gasteiger partial charge >= 0.3 is 6.09 Å².